The topological polar surface area (TPSA) is 71.5 Å². The van der Waals surface area contributed by atoms with E-state index in [9.17, 15) is 9.59 Å². The van der Waals surface area contributed by atoms with Crippen molar-refractivity contribution < 1.29 is 14.3 Å². The first kappa shape index (κ1) is 15.3. The van der Waals surface area contributed by atoms with Gasteiger partial charge < -0.3 is 10.1 Å². The van der Waals surface area contributed by atoms with E-state index in [0.717, 1.165) is 5.56 Å². The number of pyridine rings is 1. The second-order valence-electron chi connectivity index (χ2n) is 5.00. The van der Waals surface area contributed by atoms with Crippen LogP contribution < -0.4 is 15.0 Å². The molecule has 3 rings (SSSR count). The number of fused-ring (bicyclic) bond motifs is 1. The Labute approximate surface area is 138 Å². The first-order chi connectivity index (χ1) is 11.1. The Morgan fingerprint density at radius 2 is 2.09 bits per heavy atom. The molecule has 6 nitrogen and oxygen atoms in total. The summed E-state index contributed by atoms with van der Waals surface area (Å²) in [4.78, 5) is 29.5. The Morgan fingerprint density at radius 3 is 2.87 bits per heavy atom. The van der Waals surface area contributed by atoms with Gasteiger partial charge in [0.1, 0.15) is 6.54 Å². The molecule has 0 radical (unpaired) electrons. The summed E-state index contributed by atoms with van der Waals surface area (Å²) >= 11 is 5.82. The zero-order valence-electron chi connectivity index (χ0n) is 12.2. The summed E-state index contributed by atoms with van der Waals surface area (Å²) in [5, 5.41) is 3.41. The molecule has 0 unspecified atom stereocenters. The summed E-state index contributed by atoms with van der Waals surface area (Å²) in [5.74, 6) is 0.299. The van der Waals surface area contributed by atoms with Gasteiger partial charge in [0, 0.05) is 17.8 Å². The molecule has 7 heteroatoms. The third kappa shape index (κ3) is 3.60. The number of ether oxygens (including phenoxy) is 1. The Morgan fingerprint density at radius 1 is 1.30 bits per heavy atom. The van der Waals surface area contributed by atoms with Crippen LogP contribution in [0.2, 0.25) is 5.02 Å². The number of amides is 2. The lowest BCUT2D eigenvalue weighted by Crippen LogP contribution is -2.45. The van der Waals surface area contributed by atoms with Crippen LogP contribution in [0.1, 0.15) is 5.56 Å². The van der Waals surface area contributed by atoms with Crippen LogP contribution in [-0.2, 0) is 16.1 Å². The van der Waals surface area contributed by atoms with E-state index in [0.29, 0.717) is 23.1 Å². The number of halogens is 1. The number of benzene rings is 1. The standard InChI is InChI=1S/C16H14ClN3O3/c17-12-5-3-11(4-6-12)8-19-14(21)9-20-15(22)10-23-13-2-1-7-18-16(13)20/h1-7H,8-10H2,(H,19,21). The number of nitrogens with zero attached hydrogens (tertiary/aromatic N) is 2. The van der Waals surface area contributed by atoms with Crippen LogP contribution >= 0.6 is 11.6 Å². The predicted octanol–water partition coefficient (Wildman–Crippen LogP) is 1.78. The number of nitrogens with one attached hydrogen (secondary N) is 1. The zero-order valence-corrected chi connectivity index (χ0v) is 12.9. The summed E-state index contributed by atoms with van der Waals surface area (Å²) in [7, 11) is 0. The molecule has 1 aliphatic heterocycles. The van der Waals surface area contributed by atoms with Crippen molar-refractivity contribution in [3.05, 3.63) is 53.2 Å². The highest BCUT2D eigenvalue weighted by atomic mass is 35.5. The number of rotatable bonds is 4. The van der Waals surface area contributed by atoms with Gasteiger partial charge in [-0.3, -0.25) is 14.5 Å². The third-order valence-corrected chi connectivity index (χ3v) is 3.62. The van der Waals surface area contributed by atoms with Crippen LogP contribution in [0.25, 0.3) is 0 Å². The molecule has 0 atom stereocenters. The van der Waals surface area contributed by atoms with Gasteiger partial charge in [0.15, 0.2) is 18.2 Å². The average Bonchev–Trinajstić information content (AvgIpc) is 2.57. The SMILES string of the molecule is O=C(CN1C(=O)COc2cccnc21)NCc1ccc(Cl)cc1. The molecule has 1 aliphatic rings. The highest BCUT2D eigenvalue weighted by Gasteiger charge is 2.28. The predicted molar refractivity (Wildman–Crippen MR) is 85.4 cm³/mol. The lowest BCUT2D eigenvalue weighted by atomic mass is 10.2. The number of aromatic nitrogens is 1. The second-order valence-corrected chi connectivity index (χ2v) is 5.43. The smallest absolute Gasteiger partial charge is 0.266 e. The molecule has 1 aromatic heterocycles. The molecule has 0 saturated heterocycles. The molecular formula is C16H14ClN3O3. The van der Waals surface area contributed by atoms with E-state index >= 15 is 0 Å². The summed E-state index contributed by atoms with van der Waals surface area (Å²) in [5.41, 5.74) is 0.926. The highest BCUT2D eigenvalue weighted by Crippen LogP contribution is 2.28. The minimum absolute atomic E-state index is 0.0941. The van der Waals surface area contributed by atoms with Gasteiger partial charge in [-0.05, 0) is 29.8 Å². The number of anilines is 1. The Kier molecular flexibility index (Phi) is 4.43. The van der Waals surface area contributed by atoms with Crippen molar-refractivity contribution in [2.24, 2.45) is 0 Å². The molecule has 1 aromatic carbocycles. The van der Waals surface area contributed by atoms with E-state index in [-0.39, 0.29) is 25.0 Å². The maximum absolute atomic E-state index is 12.1. The monoisotopic (exact) mass is 331 g/mol. The van der Waals surface area contributed by atoms with Gasteiger partial charge in [-0.25, -0.2) is 4.98 Å². The van der Waals surface area contributed by atoms with Crippen molar-refractivity contribution in [3.8, 4) is 5.75 Å². The van der Waals surface area contributed by atoms with Crippen LogP contribution in [0.4, 0.5) is 5.82 Å². The van der Waals surface area contributed by atoms with E-state index in [4.69, 9.17) is 16.3 Å². The second kappa shape index (κ2) is 6.66. The van der Waals surface area contributed by atoms with Gasteiger partial charge >= 0.3 is 0 Å². The number of carbonyl (C=O) groups excluding carboxylic acids is 2. The van der Waals surface area contributed by atoms with Gasteiger partial charge in [0.05, 0.1) is 0 Å². The molecule has 0 saturated carbocycles. The van der Waals surface area contributed by atoms with Crippen molar-refractivity contribution in [3.63, 3.8) is 0 Å². The molecule has 23 heavy (non-hydrogen) atoms. The zero-order chi connectivity index (χ0) is 16.2. The molecule has 0 spiro atoms. The fraction of sp³-hybridized carbons (Fsp3) is 0.188. The van der Waals surface area contributed by atoms with Gasteiger partial charge in [0.25, 0.3) is 5.91 Å². The molecule has 1 N–H and O–H groups in total. The number of hydrogen-bond donors (Lipinski definition) is 1. The maximum Gasteiger partial charge on any atom is 0.266 e. The molecule has 118 valence electrons. The minimum atomic E-state index is -0.294. The summed E-state index contributed by atoms with van der Waals surface area (Å²) in [6.45, 7) is 0.173. The van der Waals surface area contributed by atoms with Crippen molar-refractivity contribution >= 4 is 29.2 Å². The summed E-state index contributed by atoms with van der Waals surface area (Å²) < 4.78 is 5.29. The van der Waals surface area contributed by atoms with Crippen LogP contribution in [0, 0.1) is 0 Å². The van der Waals surface area contributed by atoms with E-state index in [1.165, 1.54) is 4.90 Å². The average molecular weight is 332 g/mol. The van der Waals surface area contributed by atoms with Crippen molar-refractivity contribution in [1.82, 2.24) is 10.3 Å². The quantitative estimate of drug-likeness (QED) is 0.927. The van der Waals surface area contributed by atoms with E-state index in [1.807, 2.05) is 12.1 Å². The van der Waals surface area contributed by atoms with E-state index < -0.39 is 0 Å². The lowest BCUT2D eigenvalue weighted by Gasteiger charge is -2.27. The highest BCUT2D eigenvalue weighted by molar-refractivity contribution is 6.30. The molecule has 2 amide bonds. The third-order valence-electron chi connectivity index (χ3n) is 3.36. The molecule has 0 aliphatic carbocycles. The van der Waals surface area contributed by atoms with Crippen molar-refractivity contribution in [2.75, 3.05) is 18.1 Å². The Balaban J connectivity index is 1.63. The first-order valence-corrected chi connectivity index (χ1v) is 7.40. The van der Waals surface area contributed by atoms with Gasteiger partial charge in [-0.1, -0.05) is 23.7 Å². The fourth-order valence-electron chi connectivity index (χ4n) is 2.20. The maximum atomic E-state index is 12.1. The molecule has 0 fully saturated rings. The normalized spacial score (nSPS) is 13.3. The minimum Gasteiger partial charge on any atom is -0.480 e. The Bertz CT molecular complexity index is 734. The fourth-order valence-corrected chi connectivity index (χ4v) is 2.32. The van der Waals surface area contributed by atoms with Gasteiger partial charge in [-0.2, -0.15) is 0 Å². The summed E-state index contributed by atoms with van der Waals surface area (Å²) in [6, 6.07) is 10.6. The molecule has 0 bridgehead atoms. The number of carbonyl (C=O) groups is 2. The molecular weight excluding hydrogens is 318 g/mol. The van der Waals surface area contributed by atoms with Crippen LogP contribution in [0.15, 0.2) is 42.6 Å². The summed E-state index contributed by atoms with van der Waals surface area (Å²) in [6.07, 6.45) is 1.55. The Hall–Kier alpha value is -2.60. The first-order valence-electron chi connectivity index (χ1n) is 7.03. The van der Waals surface area contributed by atoms with Gasteiger partial charge in [0.2, 0.25) is 5.91 Å². The van der Waals surface area contributed by atoms with Gasteiger partial charge in [-0.15, -0.1) is 0 Å². The van der Waals surface area contributed by atoms with Crippen molar-refractivity contribution in [2.45, 2.75) is 6.54 Å². The van der Waals surface area contributed by atoms with Crippen LogP contribution in [-0.4, -0.2) is 29.9 Å². The van der Waals surface area contributed by atoms with Crippen molar-refractivity contribution in [1.29, 1.82) is 0 Å². The van der Waals surface area contributed by atoms with E-state index in [1.54, 1.807) is 30.5 Å². The van der Waals surface area contributed by atoms with Crippen LogP contribution in [0.5, 0.6) is 5.75 Å². The molecule has 2 aromatic rings. The largest absolute Gasteiger partial charge is 0.480 e. The molecule has 2 heterocycles. The van der Waals surface area contributed by atoms with Crippen LogP contribution in [0.3, 0.4) is 0 Å². The lowest BCUT2D eigenvalue weighted by molar-refractivity contribution is -0.125. The van der Waals surface area contributed by atoms with E-state index in [2.05, 4.69) is 10.3 Å². The number of hydrogen-bond acceptors (Lipinski definition) is 4.